The Morgan fingerprint density at radius 1 is 1.44 bits per heavy atom. The molecule has 5 nitrogen and oxygen atoms in total. The molecule has 0 aliphatic carbocycles. The molecule has 1 fully saturated rings. The number of hydrogen-bond donors (Lipinski definition) is 1. The normalized spacial score (nSPS) is 19.0. The third-order valence-electron chi connectivity index (χ3n) is 3.14. The van der Waals surface area contributed by atoms with Crippen LogP contribution in [0.5, 0.6) is 0 Å². The Kier molecular flexibility index (Phi) is 3.94. The molecule has 1 aromatic heterocycles. The van der Waals surface area contributed by atoms with Crippen LogP contribution in [0, 0.1) is 11.7 Å². The lowest BCUT2D eigenvalue weighted by atomic mass is 10.00. The molecule has 1 aromatic rings. The summed E-state index contributed by atoms with van der Waals surface area (Å²) >= 11 is 0. The number of sulfonamides is 1. The molecular weight excluding hydrogens is 259 g/mol. The first kappa shape index (κ1) is 13.4. The van der Waals surface area contributed by atoms with E-state index >= 15 is 0 Å². The second-order valence-corrected chi connectivity index (χ2v) is 6.17. The van der Waals surface area contributed by atoms with E-state index in [0.717, 1.165) is 6.07 Å². The lowest BCUT2D eigenvalue weighted by Gasteiger charge is -2.29. The van der Waals surface area contributed by atoms with E-state index in [1.807, 2.05) is 0 Å². The maximum absolute atomic E-state index is 13.5. The monoisotopic (exact) mass is 274 g/mol. The van der Waals surface area contributed by atoms with Crippen LogP contribution in [0.25, 0.3) is 0 Å². The van der Waals surface area contributed by atoms with E-state index in [0.29, 0.717) is 25.9 Å². The van der Waals surface area contributed by atoms with Crippen molar-refractivity contribution in [3.8, 4) is 0 Å². The van der Waals surface area contributed by atoms with E-state index in [1.165, 1.54) is 16.6 Å². The Morgan fingerprint density at radius 2 is 2.11 bits per heavy atom. The van der Waals surface area contributed by atoms with Gasteiger partial charge in [-0.15, -0.1) is 0 Å². The van der Waals surface area contributed by atoms with Gasteiger partial charge < -0.3 is 5.11 Å². The predicted octanol–water partition coefficient (Wildman–Crippen LogP) is 0.614. The summed E-state index contributed by atoms with van der Waals surface area (Å²) in [6, 6.07) is 2.44. The highest BCUT2D eigenvalue weighted by Crippen LogP contribution is 2.23. The molecular formula is C11H15FN2O3S. The largest absolute Gasteiger partial charge is 0.396 e. The minimum absolute atomic E-state index is 0.0613. The van der Waals surface area contributed by atoms with E-state index in [2.05, 4.69) is 4.98 Å². The molecule has 1 aliphatic rings. The summed E-state index contributed by atoms with van der Waals surface area (Å²) in [6.07, 6.45) is 2.44. The van der Waals surface area contributed by atoms with Crippen molar-refractivity contribution >= 4 is 10.0 Å². The molecule has 0 amide bonds. The summed E-state index contributed by atoms with van der Waals surface area (Å²) in [5, 5.41) is 8.48. The zero-order valence-corrected chi connectivity index (χ0v) is 10.6. The maximum atomic E-state index is 13.5. The number of aromatic nitrogens is 1. The van der Waals surface area contributed by atoms with E-state index in [9.17, 15) is 12.8 Å². The lowest BCUT2D eigenvalue weighted by Crippen LogP contribution is -2.39. The highest BCUT2D eigenvalue weighted by Gasteiger charge is 2.31. The van der Waals surface area contributed by atoms with E-state index in [4.69, 9.17) is 5.11 Å². The summed E-state index contributed by atoms with van der Waals surface area (Å²) in [6.45, 7) is 0.652. The van der Waals surface area contributed by atoms with Crippen molar-refractivity contribution in [2.24, 2.45) is 5.92 Å². The Morgan fingerprint density at radius 3 is 2.67 bits per heavy atom. The molecule has 0 atom stereocenters. The van der Waals surface area contributed by atoms with Crippen LogP contribution >= 0.6 is 0 Å². The van der Waals surface area contributed by atoms with Crippen LogP contribution in [0.3, 0.4) is 0 Å². The molecule has 2 rings (SSSR count). The number of piperidine rings is 1. The quantitative estimate of drug-likeness (QED) is 0.877. The van der Waals surface area contributed by atoms with Crippen LogP contribution in [0.15, 0.2) is 23.4 Å². The Hall–Kier alpha value is -1.05. The van der Waals surface area contributed by atoms with Crippen molar-refractivity contribution in [2.45, 2.75) is 17.9 Å². The second kappa shape index (κ2) is 5.29. The first-order valence-corrected chi connectivity index (χ1v) is 7.21. The van der Waals surface area contributed by atoms with Gasteiger partial charge in [0.05, 0.1) is 0 Å². The average Bonchev–Trinajstić information content (AvgIpc) is 2.39. The van der Waals surface area contributed by atoms with Crippen LogP contribution in [-0.4, -0.2) is 42.5 Å². The molecule has 7 heteroatoms. The molecule has 0 unspecified atom stereocenters. The fraction of sp³-hybridized carbons (Fsp3) is 0.545. The molecule has 0 spiro atoms. The Balaban J connectivity index is 2.20. The van der Waals surface area contributed by atoms with Crippen molar-refractivity contribution in [1.82, 2.24) is 9.29 Å². The highest BCUT2D eigenvalue weighted by atomic mass is 32.2. The van der Waals surface area contributed by atoms with Crippen LogP contribution in [0.1, 0.15) is 12.8 Å². The third kappa shape index (κ3) is 2.52. The van der Waals surface area contributed by atoms with Crippen molar-refractivity contribution in [3.05, 3.63) is 24.1 Å². The van der Waals surface area contributed by atoms with Crippen LogP contribution in [0.2, 0.25) is 0 Å². The zero-order chi connectivity index (χ0) is 13.2. The van der Waals surface area contributed by atoms with Gasteiger partial charge in [-0.1, -0.05) is 0 Å². The summed E-state index contributed by atoms with van der Waals surface area (Å²) in [5.74, 6) is -0.702. The molecule has 0 radical (unpaired) electrons. The lowest BCUT2D eigenvalue weighted by molar-refractivity contribution is 0.170. The van der Waals surface area contributed by atoms with Gasteiger partial charge in [0.25, 0.3) is 10.0 Å². The fourth-order valence-corrected chi connectivity index (χ4v) is 3.46. The summed E-state index contributed by atoms with van der Waals surface area (Å²) < 4.78 is 39.0. The zero-order valence-electron chi connectivity index (χ0n) is 9.79. The second-order valence-electron chi connectivity index (χ2n) is 4.32. The minimum Gasteiger partial charge on any atom is -0.396 e. The molecule has 18 heavy (non-hydrogen) atoms. The summed E-state index contributed by atoms with van der Waals surface area (Å²) in [5.41, 5.74) is 0. The molecule has 0 bridgehead atoms. The third-order valence-corrected chi connectivity index (χ3v) is 4.97. The summed E-state index contributed by atoms with van der Waals surface area (Å²) in [4.78, 5) is 3.61. The van der Waals surface area contributed by atoms with Crippen molar-refractivity contribution < 1.29 is 17.9 Å². The van der Waals surface area contributed by atoms with Gasteiger partial charge in [-0.3, -0.25) is 0 Å². The SMILES string of the molecule is O=S(=O)(c1ncccc1F)N1CCC(CO)CC1. The van der Waals surface area contributed by atoms with Gasteiger partial charge in [0.2, 0.25) is 5.03 Å². The summed E-state index contributed by atoms with van der Waals surface area (Å²) in [7, 11) is -3.86. The molecule has 100 valence electrons. The van der Waals surface area contributed by atoms with Gasteiger partial charge in [0.1, 0.15) is 0 Å². The smallest absolute Gasteiger partial charge is 0.263 e. The molecule has 1 N–H and O–H groups in total. The van der Waals surface area contributed by atoms with Gasteiger partial charge >= 0.3 is 0 Å². The van der Waals surface area contributed by atoms with Gasteiger partial charge in [0.15, 0.2) is 5.82 Å². The molecule has 0 aromatic carbocycles. The number of halogens is 1. The van der Waals surface area contributed by atoms with Crippen molar-refractivity contribution in [1.29, 1.82) is 0 Å². The molecule has 1 saturated heterocycles. The average molecular weight is 274 g/mol. The number of nitrogens with zero attached hydrogens (tertiary/aromatic N) is 2. The Bertz CT molecular complexity index is 513. The number of aliphatic hydroxyl groups excluding tert-OH is 1. The van der Waals surface area contributed by atoms with E-state index in [-0.39, 0.29) is 12.5 Å². The van der Waals surface area contributed by atoms with Gasteiger partial charge in [-0.05, 0) is 30.9 Å². The van der Waals surface area contributed by atoms with Crippen LogP contribution in [0.4, 0.5) is 4.39 Å². The van der Waals surface area contributed by atoms with Gasteiger partial charge in [-0.25, -0.2) is 17.8 Å². The minimum atomic E-state index is -3.86. The number of rotatable bonds is 3. The Labute approximate surface area is 105 Å². The van der Waals surface area contributed by atoms with Gasteiger partial charge in [-0.2, -0.15) is 4.31 Å². The standard InChI is InChI=1S/C11H15FN2O3S/c12-10-2-1-5-13-11(10)18(16,17)14-6-3-9(8-15)4-7-14/h1-2,5,9,15H,3-4,6-8H2. The first-order chi connectivity index (χ1) is 8.55. The molecule has 2 heterocycles. The van der Waals surface area contributed by atoms with E-state index < -0.39 is 20.9 Å². The molecule has 1 aliphatic heterocycles. The number of hydrogen-bond acceptors (Lipinski definition) is 4. The molecule has 0 saturated carbocycles. The first-order valence-electron chi connectivity index (χ1n) is 5.77. The highest BCUT2D eigenvalue weighted by molar-refractivity contribution is 7.89. The van der Waals surface area contributed by atoms with Crippen molar-refractivity contribution in [3.63, 3.8) is 0 Å². The fourth-order valence-electron chi connectivity index (χ4n) is 2.02. The van der Waals surface area contributed by atoms with Crippen molar-refractivity contribution in [2.75, 3.05) is 19.7 Å². The number of pyridine rings is 1. The maximum Gasteiger partial charge on any atom is 0.263 e. The van der Waals surface area contributed by atoms with Crippen LogP contribution < -0.4 is 0 Å². The van der Waals surface area contributed by atoms with Gasteiger partial charge in [0, 0.05) is 25.9 Å². The van der Waals surface area contributed by atoms with E-state index in [1.54, 1.807) is 0 Å². The number of aliphatic hydroxyl groups is 1. The topological polar surface area (TPSA) is 70.5 Å². The van der Waals surface area contributed by atoms with Crippen LogP contribution in [-0.2, 0) is 10.0 Å². The predicted molar refractivity (Wildman–Crippen MR) is 62.8 cm³/mol.